The highest BCUT2D eigenvalue weighted by atomic mass is 32.1. The van der Waals surface area contributed by atoms with Crippen LogP contribution < -0.4 is 15.5 Å². The molecule has 6 nitrogen and oxygen atoms in total. The van der Waals surface area contributed by atoms with Crippen molar-refractivity contribution in [3.05, 3.63) is 53.0 Å². The first-order valence-electron chi connectivity index (χ1n) is 9.97. The van der Waals surface area contributed by atoms with E-state index in [4.69, 9.17) is 0 Å². The van der Waals surface area contributed by atoms with Gasteiger partial charge < -0.3 is 20.4 Å². The van der Waals surface area contributed by atoms with E-state index >= 15 is 0 Å². The quantitative estimate of drug-likeness (QED) is 0.677. The summed E-state index contributed by atoms with van der Waals surface area (Å²) in [6.45, 7) is 8.20. The number of carbonyl (C=O) groups is 1. The first kappa shape index (κ1) is 19.7. The zero-order valence-corrected chi connectivity index (χ0v) is 17.9. The highest BCUT2D eigenvalue weighted by Gasteiger charge is 2.17. The first-order chi connectivity index (χ1) is 14.0. The molecule has 2 aromatic carbocycles. The molecule has 0 aliphatic carbocycles. The maximum Gasteiger partial charge on any atom is 0.319 e. The topological polar surface area (TPSA) is 60.5 Å². The summed E-state index contributed by atoms with van der Waals surface area (Å²) in [5, 5.41) is 6.89. The van der Waals surface area contributed by atoms with E-state index in [1.54, 1.807) is 11.3 Å². The third-order valence-electron chi connectivity index (χ3n) is 5.36. The number of likely N-dealkylation sites (N-methyl/N-ethyl adjacent to an activating group) is 1. The van der Waals surface area contributed by atoms with Crippen LogP contribution in [0.25, 0.3) is 10.2 Å². The second kappa shape index (κ2) is 8.39. The van der Waals surface area contributed by atoms with Gasteiger partial charge in [-0.15, -0.1) is 11.3 Å². The molecule has 0 spiro atoms. The summed E-state index contributed by atoms with van der Waals surface area (Å²) in [4.78, 5) is 21.9. The first-order valence-corrected chi connectivity index (χ1v) is 10.8. The molecule has 2 heterocycles. The molecule has 1 aromatic heterocycles. The Hall–Kier alpha value is -2.64. The predicted molar refractivity (Wildman–Crippen MR) is 121 cm³/mol. The number of hydrogen-bond donors (Lipinski definition) is 2. The third kappa shape index (κ3) is 4.52. The molecule has 1 atom stereocenters. The Morgan fingerprint density at radius 3 is 2.62 bits per heavy atom. The molecule has 1 unspecified atom stereocenters. The van der Waals surface area contributed by atoms with Gasteiger partial charge in [0.25, 0.3) is 0 Å². The Balaban J connectivity index is 1.38. The van der Waals surface area contributed by atoms with Gasteiger partial charge in [-0.1, -0.05) is 12.1 Å². The van der Waals surface area contributed by atoms with Crippen molar-refractivity contribution in [2.75, 3.05) is 43.4 Å². The van der Waals surface area contributed by atoms with Crippen LogP contribution in [0.5, 0.6) is 0 Å². The maximum absolute atomic E-state index is 12.5. The third-order valence-corrected chi connectivity index (χ3v) is 6.57. The summed E-state index contributed by atoms with van der Waals surface area (Å²) >= 11 is 1.61. The highest BCUT2D eigenvalue weighted by Crippen LogP contribution is 2.27. The van der Waals surface area contributed by atoms with E-state index in [0.29, 0.717) is 0 Å². The molecule has 1 aliphatic rings. The number of para-hydroxylation sites is 1. The largest absolute Gasteiger partial charge is 0.369 e. The van der Waals surface area contributed by atoms with Crippen LogP contribution in [0.3, 0.4) is 0 Å². The summed E-state index contributed by atoms with van der Waals surface area (Å²) in [6, 6.07) is 13.9. The molecule has 0 saturated carbocycles. The van der Waals surface area contributed by atoms with Gasteiger partial charge in [0.05, 0.1) is 16.3 Å². The number of rotatable bonds is 4. The van der Waals surface area contributed by atoms with E-state index in [1.807, 2.05) is 38.1 Å². The van der Waals surface area contributed by atoms with E-state index < -0.39 is 0 Å². The summed E-state index contributed by atoms with van der Waals surface area (Å²) < 4.78 is 1.13. The normalized spacial score (nSPS) is 16.0. The van der Waals surface area contributed by atoms with Gasteiger partial charge in [0.1, 0.15) is 5.01 Å². The van der Waals surface area contributed by atoms with E-state index in [0.717, 1.165) is 52.7 Å². The van der Waals surface area contributed by atoms with E-state index in [1.165, 1.54) is 5.69 Å². The number of nitrogens with one attached hydrogen (secondary N) is 2. The predicted octanol–water partition coefficient (Wildman–Crippen LogP) is 4.24. The monoisotopic (exact) mass is 409 g/mol. The number of aryl methyl sites for hydroxylation is 1. The minimum Gasteiger partial charge on any atom is -0.369 e. The SMILES string of the molecule is Cc1cc(N2CCN(C)CC2)ccc1NC(=O)NC(C)c1nc2ccccc2s1. The van der Waals surface area contributed by atoms with Crippen molar-refractivity contribution in [2.45, 2.75) is 19.9 Å². The number of amides is 2. The molecule has 152 valence electrons. The zero-order valence-electron chi connectivity index (χ0n) is 17.1. The number of aromatic nitrogens is 1. The fourth-order valence-electron chi connectivity index (χ4n) is 3.54. The Morgan fingerprint density at radius 2 is 1.90 bits per heavy atom. The second-order valence-electron chi connectivity index (χ2n) is 7.63. The fraction of sp³-hybridized carbons (Fsp3) is 0.364. The maximum atomic E-state index is 12.5. The summed E-state index contributed by atoms with van der Waals surface area (Å²) in [5.41, 5.74) is 4.07. The van der Waals surface area contributed by atoms with Gasteiger partial charge in [-0.2, -0.15) is 0 Å². The number of piperazine rings is 1. The Morgan fingerprint density at radius 1 is 1.14 bits per heavy atom. The highest BCUT2D eigenvalue weighted by molar-refractivity contribution is 7.18. The van der Waals surface area contributed by atoms with Crippen molar-refractivity contribution >= 4 is 39.0 Å². The molecule has 1 saturated heterocycles. The molecule has 7 heteroatoms. The van der Waals surface area contributed by atoms with Gasteiger partial charge >= 0.3 is 6.03 Å². The van der Waals surface area contributed by atoms with Crippen LogP contribution in [0.1, 0.15) is 23.5 Å². The average Bonchev–Trinajstić information content (AvgIpc) is 3.14. The number of carbonyl (C=O) groups excluding carboxylic acids is 1. The molecule has 29 heavy (non-hydrogen) atoms. The number of nitrogens with zero attached hydrogens (tertiary/aromatic N) is 3. The molecule has 0 radical (unpaired) electrons. The van der Waals surface area contributed by atoms with Crippen LogP contribution in [0, 0.1) is 6.92 Å². The van der Waals surface area contributed by atoms with Crippen LogP contribution in [-0.2, 0) is 0 Å². The number of benzene rings is 2. The van der Waals surface area contributed by atoms with Crippen molar-refractivity contribution in [2.24, 2.45) is 0 Å². The second-order valence-corrected chi connectivity index (χ2v) is 8.69. The van der Waals surface area contributed by atoms with Gasteiger partial charge in [0.2, 0.25) is 0 Å². The molecule has 2 amide bonds. The lowest BCUT2D eigenvalue weighted by atomic mass is 10.1. The van der Waals surface area contributed by atoms with E-state index in [2.05, 4.69) is 50.7 Å². The number of anilines is 2. The zero-order chi connectivity index (χ0) is 20.4. The summed E-state index contributed by atoms with van der Waals surface area (Å²) in [5.74, 6) is 0. The summed E-state index contributed by atoms with van der Waals surface area (Å²) in [6.07, 6.45) is 0. The van der Waals surface area contributed by atoms with Crippen molar-refractivity contribution in [1.82, 2.24) is 15.2 Å². The minimum atomic E-state index is -0.216. The molecule has 4 rings (SSSR count). The number of hydrogen-bond acceptors (Lipinski definition) is 5. The standard InChI is InChI=1S/C22H27N5OS/c1-15-14-17(27-12-10-26(3)11-13-27)8-9-18(15)25-22(28)23-16(2)21-24-19-6-4-5-7-20(19)29-21/h4-9,14,16H,10-13H2,1-3H3,(H2,23,25,28). The van der Waals surface area contributed by atoms with E-state index in [-0.39, 0.29) is 12.1 Å². The van der Waals surface area contributed by atoms with Gasteiger partial charge in [-0.25, -0.2) is 9.78 Å². The molecule has 2 N–H and O–H groups in total. The summed E-state index contributed by atoms with van der Waals surface area (Å²) in [7, 11) is 2.16. The Bertz CT molecular complexity index is 976. The van der Waals surface area contributed by atoms with Crippen molar-refractivity contribution in [1.29, 1.82) is 0 Å². The molecule has 0 bridgehead atoms. The lowest BCUT2D eigenvalue weighted by molar-refractivity contribution is 0.249. The van der Waals surface area contributed by atoms with Gasteiger partial charge in [-0.3, -0.25) is 0 Å². The van der Waals surface area contributed by atoms with Gasteiger partial charge in [0.15, 0.2) is 0 Å². The van der Waals surface area contributed by atoms with Crippen LogP contribution in [-0.4, -0.2) is 49.1 Å². The smallest absolute Gasteiger partial charge is 0.319 e. The fourth-order valence-corrected chi connectivity index (χ4v) is 4.51. The molecule has 1 aliphatic heterocycles. The van der Waals surface area contributed by atoms with Gasteiger partial charge in [0, 0.05) is 37.6 Å². The van der Waals surface area contributed by atoms with Crippen molar-refractivity contribution < 1.29 is 4.79 Å². The molecular formula is C22H27N5OS. The van der Waals surface area contributed by atoms with Gasteiger partial charge in [-0.05, 0) is 56.8 Å². The number of fused-ring (bicyclic) bond motifs is 1. The lowest BCUT2D eigenvalue weighted by Crippen LogP contribution is -2.44. The van der Waals surface area contributed by atoms with Crippen LogP contribution in [0.2, 0.25) is 0 Å². The lowest BCUT2D eigenvalue weighted by Gasteiger charge is -2.34. The Labute approximate surface area is 175 Å². The van der Waals surface area contributed by atoms with Crippen LogP contribution in [0.15, 0.2) is 42.5 Å². The molecule has 3 aromatic rings. The molecular weight excluding hydrogens is 382 g/mol. The molecule has 1 fully saturated rings. The Kier molecular flexibility index (Phi) is 5.69. The van der Waals surface area contributed by atoms with Crippen LogP contribution >= 0.6 is 11.3 Å². The number of thiazole rings is 1. The van der Waals surface area contributed by atoms with Crippen molar-refractivity contribution in [3.63, 3.8) is 0 Å². The van der Waals surface area contributed by atoms with Crippen molar-refractivity contribution in [3.8, 4) is 0 Å². The van der Waals surface area contributed by atoms with E-state index in [9.17, 15) is 4.79 Å². The van der Waals surface area contributed by atoms with Crippen LogP contribution in [0.4, 0.5) is 16.2 Å². The number of urea groups is 1. The minimum absolute atomic E-state index is 0.155. The average molecular weight is 410 g/mol.